The van der Waals surface area contributed by atoms with Gasteiger partial charge in [-0.2, -0.15) is 0 Å². The average Bonchev–Trinajstić information content (AvgIpc) is 2.98. The number of nitrogens with zero attached hydrogens (tertiary/aromatic N) is 1. The smallest absolute Gasteiger partial charge is 0.0330 e. The van der Waals surface area contributed by atoms with E-state index in [9.17, 15) is 0 Å². The van der Waals surface area contributed by atoms with Crippen LogP contribution in [0.2, 0.25) is 0 Å². The van der Waals surface area contributed by atoms with Gasteiger partial charge in [0.25, 0.3) is 0 Å². The number of aromatic nitrogens is 1. The second kappa shape index (κ2) is 4.65. The molecule has 0 saturated heterocycles. The van der Waals surface area contributed by atoms with Crippen LogP contribution in [0.5, 0.6) is 0 Å². The zero-order valence-electron chi connectivity index (χ0n) is 10.2. The van der Waals surface area contributed by atoms with Gasteiger partial charge in [0.2, 0.25) is 0 Å². The summed E-state index contributed by atoms with van der Waals surface area (Å²) in [5, 5.41) is 0. The second-order valence-corrected chi connectivity index (χ2v) is 5.67. The molecule has 1 heteroatoms. The Kier molecular flexibility index (Phi) is 3.03. The highest BCUT2D eigenvalue weighted by atomic mass is 15.0. The molecule has 1 aromatic heterocycles. The van der Waals surface area contributed by atoms with Crippen molar-refractivity contribution in [2.75, 3.05) is 0 Å². The molecule has 2 aliphatic rings. The summed E-state index contributed by atoms with van der Waals surface area (Å²) in [5.41, 5.74) is 1.60. The molecule has 0 spiro atoms. The van der Waals surface area contributed by atoms with Crippen molar-refractivity contribution in [3.8, 4) is 0 Å². The molecule has 0 N–H and O–H groups in total. The van der Waals surface area contributed by atoms with E-state index in [1.165, 1.54) is 57.8 Å². The SMILES string of the molecule is c1cn(C2CCCCCCC2)cc1C1CC1. The van der Waals surface area contributed by atoms with Crippen LogP contribution in [0.15, 0.2) is 18.5 Å². The fourth-order valence-corrected chi connectivity index (χ4v) is 3.05. The maximum atomic E-state index is 2.51. The van der Waals surface area contributed by atoms with Crippen molar-refractivity contribution in [3.05, 3.63) is 24.0 Å². The van der Waals surface area contributed by atoms with Gasteiger partial charge in [0.05, 0.1) is 0 Å². The van der Waals surface area contributed by atoms with Gasteiger partial charge in [-0.05, 0) is 43.2 Å². The molecule has 1 nitrogen and oxygen atoms in total. The largest absolute Gasteiger partial charge is 0.351 e. The van der Waals surface area contributed by atoms with Crippen LogP contribution in [0, 0.1) is 0 Å². The lowest BCUT2D eigenvalue weighted by molar-refractivity contribution is 0.372. The van der Waals surface area contributed by atoms with Gasteiger partial charge >= 0.3 is 0 Å². The van der Waals surface area contributed by atoms with Gasteiger partial charge in [-0.3, -0.25) is 0 Å². The third-order valence-corrected chi connectivity index (χ3v) is 4.28. The molecule has 1 aromatic rings. The normalized spacial score (nSPS) is 24.0. The van der Waals surface area contributed by atoms with Gasteiger partial charge in [0, 0.05) is 18.4 Å². The molecule has 0 radical (unpaired) electrons. The molecule has 0 unspecified atom stereocenters. The first kappa shape index (κ1) is 10.4. The molecule has 0 aliphatic heterocycles. The first-order valence-electron chi connectivity index (χ1n) is 7.11. The van der Waals surface area contributed by atoms with E-state index < -0.39 is 0 Å². The average molecular weight is 217 g/mol. The van der Waals surface area contributed by atoms with E-state index >= 15 is 0 Å². The van der Waals surface area contributed by atoms with E-state index in [2.05, 4.69) is 23.0 Å². The Bertz CT molecular complexity index is 327. The predicted molar refractivity (Wildman–Crippen MR) is 67.8 cm³/mol. The van der Waals surface area contributed by atoms with E-state index in [4.69, 9.17) is 0 Å². The lowest BCUT2D eigenvalue weighted by Crippen LogP contribution is -2.08. The van der Waals surface area contributed by atoms with Crippen molar-refractivity contribution in [1.82, 2.24) is 4.57 Å². The number of hydrogen-bond acceptors (Lipinski definition) is 0. The monoisotopic (exact) mass is 217 g/mol. The molecule has 0 amide bonds. The van der Waals surface area contributed by atoms with Crippen LogP contribution in [0.4, 0.5) is 0 Å². The van der Waals surface area contributed by atoms with Gasteiger partial charge in [0.15, 0.2) is 0 Å². The summed E-state index contributed by atoms with van der Waals surface area (Å²) in [5.74, 6) is 0.912. The fraction of sp³-hybridized carbons (Fsp3) is 0.733. The molecule has 2 saturated carbocycles. The molecular formula is C15H23N. The van der Waals surface area contributed by atoms with Gasteiger partial charge in [-0.1, -0.05) is 32.1 Å². The maximum Gasteiger partial charge on any atom is 0.0330 e. The lowest BCUT2D eigenvalue weighted by Gasteiger charge is -2.21. The summed E-state index contributed by atoms with van der Waals surface area (Å²) >= 11 is 0. The van der Waals surface area contributed by atoms with Gasteiger partial charge in [-0.25, -0.2) is 0 Å². The Morgan fingerprint density at radius 3 is 2.25 bits per heavy atom. The second-order valence-electron chi connectivity index (χ2n) is 5.67. The molecular weight excluding hydrogens is 194 g/mol. The zero-order chi connectivity index (χ0) is 10.8. The van der Waals surface area contributed by atoms with Gasteiger partial charge in [-0.15, -0.1) is 0 Å². The minimum atomic E-state index is 0.799. The fourth-order valence-electron chi connectivity index (χ4n) is 3.05. The Morgan fingerprint density at radius 2 is 1.56 bits per heavy atom. The van der Waals surface area contributed by atoms with Crippen molar-refractivity contribution in [3.63, 3.8) is 0 Å². The van der Waals surface area contributed by atoms with Crippen LogP contribution in [-0.4, -0.2) is 4.57 Å². The standard InChI is InChI=1S/C15H23N/c1-2-4-6-15(7-5-3-1)16-11-10-14(12-16)13-8-9-13/h10-13,15H,1-9H2. The lowest BCUT2D eigenvalue weighted by atomic mass is 9.97. The van der Waals surface area contributed by atoms with E-state index in [1.54, 1.807) is 5.56 Å². The topological polar surface area (TPSA) is 4.93 Å². The quantitative estimate of drug-likeness (QED) is 0.679. The Labute approximate surface area is 98.9 Å². The third kappa shape index (κ3) is 2.34. The molecule has 3 rings (SSSR count). The zero-order valence-corrected chi connectivity index (χ0v) is 10.2. The van der Waals surface area contributed by atoms with Crippen LogP contribution in [0.1, 0.15) is 75.3 Å². The van der Waals surface area contributed by atoms with E-state index in [-0.39, 0.29) is 0 Å². The van der Waals surface area contributed by atoms with Crippen molar-refractivity contribution in [2.24, 2.45) is 0 Å². The molecule has 1 heterocycles. The summed E-state index contributed by atoms with van der Waals surface area (Å²) < 4.78 is 2.51. The highest BCUT2D eigenvalue weighted by molar-refractivity contribution is 5.21. The molecule has 2 fully saturated rings. The summed E-state index contributed by atoms with van der Waals surface area (Å²) in [6.07, 6.45) is 17.7. The van der Waals surface area contributed by atoms with E-state index in [1.807, 2.05) is 0 Å². The summed E-state index contributed by atoms with van der Waals surface area (Å²) in [6.45, 7) is 0. The molecule has 2 aliphatic carbocycles. The highest BCUT2D eigenvalue weighted by Gasteiger charge is 2.24. The third-order valence-electron chi connectivity index (χ3n) is 4.28. The Hall–Kier alpha value is -0.720. The molecule has 16 heavy (non-hydrogen) atoms. The molecule has 0 bridgehead atoms. The van der Waals surface area contributed by atoms with Crippen LogP contribution in [0.25, 0.3) is 0 Å². The number of rotatable bonds is 2. The van der Waals surface area contributed by atoms with Crippen molar-refractivity contribution in [2.45, 2.75) is 69.7 Å². The summed E-state index contributed by atoms with van der Waals surface area (Å²) in [7, 11) is 0. The Morgan fingerprint density at radius 1 is 0.875 bits per heavy atom. The van der Waals surface area contributed by atoms with Crippen LogP contribution in [0.3, 0.4) is 0 Å². The minimum Gasteiger partial charge on any atom is -0.351 e. The van der Waals surface area contributed by atoms with Crippen molar-refractivity contribution >= 4 is 0 Å². The Balaban J connectivity index is 1.67. The van der Waals surface area contributed by atoms with E-state index in [0.29, 0.717) is 0 Å². The maximum absolute atomic E-state index is 2.51. The van der Waals surface area contributed by atoms with Crippen molar-refractivity contribution in [1.29, 1.82) is 0 Å². The van der Waals surface area contributed by atoms with Gasteiger partial charge < -0.3 is 4.57 Å². The molecule has 88 valence electrons. The predicted octanol–water partition coefficient (Wildman–Crippen LogP) is 4.65. The summed E-state index contributed by atoms with van der Waals surface area (Å²) in [4.78, 5) is 0. The van der Waals surface area contributed by atoms with Gasteiger partial charge in [0.1, 0.15) is 0 Å². The molecule has 0 atom stereocenters. The first-order chi connectivity index (χ1) is 7.93. The highest BCUT2D eigenvalue weighted by Crippen LogP contribution is 2.40. The number of hydrogen-bond donors (Lipinski definition) is 0. The van der Waals surface area contributed by atoms with Crippen LogP contribution in [-0.2, 0) is 0 Å². The summed E-state index contributed by atoms with van der Waals surface area (Å²) in [6, 6.07) is 3.16. The first-order valence-corrected chi connectivity index (χ1v) is 7.11. The molecule has 0 aromatic carbocycles. The van der Waals surface area contributed by atoms with Crippen LogP contribution < -0.4 is 0 Å². The van der Waals surface area contributed by atoms with Crippen molar-refractivity contribution < 1.29 is 0 Å². The minimum absolute atomic E-state index is 0.799. The van der Waals surface area contributed by atoms with Crippen LogP contribution >= 0.6 is 0 Å². The van der Waals surface area contributed by atoms with E-state index in [0.717, 1.165) is 12.0 Å².